The smallest absolute Gasteiger partial charge is 0.333 e. The van der Waals surface area contributed by atoms with Crippen LogP contribution in [0.15, 0.2) is 22.2 Å². The molecule has 1 aliphatic heterocycles. The molecule has 3 rings (SSSR count). The molecule has 3 heterocycles. The van der Waals surface area contributed by atoms with Gasteiger partial charge in [0.2, 0.25) is 5.95 Å². The summed E-state index contributed by atoms with van der Waals surface area (Å²) in [6, 6.07) is 0. The number of aliphatic hydroxyl groups is 2. The molecule has 1 fully saturated rings. The zero-order valence-corrected chi connectivity index (χ0v) is 13.5. The fourth-order valence-electron chi connectivity index (χ4n) is 3.06. The van der Waals surface area contributed by atoms with Crippen molar-refractivity contribution in [1.82, 2.24) is 19.1 Å². The number of imidazole rings is 1. The number of nitrogen functional groups attached to an aromatic ring is 1. The first-order valence-electron chi connectivity index (χ1n) is 7.53. The molecule has 0 radical (unpaired) electrons. The molecule has 0 saturated carbocycles. The van der Waals surface area contributed by atoms with Gasteiger partial charge in [-0.25, -0.2) is 9.36 Å². The molecular weight excluding hydrogens is 334 g/mol. The van der Waals surface area contributed by atoms with Crippen molar-refractivity contribution in [2.45, 2.75) is 31.1 Å². The number of H-pyrrole nitrogens is 1. The van der Waals surface area contributed by atoms with Gasteiger partial charge in [0.25, 0.3) is 5.56 Å². The fraction of sp³-hybridized carbons (Fsp3) is 0.500. The third kappa shape index (κ3) is 2.57. The van der Waals surface area contributed by atoms with Crippen molar-refractivity contribution in [1.29, 1.82) is 0 Å². The van der Waals surface area contributed by atoms with Crippen LogP contribution < -0.4 is 17.0 Å². The van der Waals surface area contributed by atoms with E-state index in [0.717, 1.165) is 4.57 Å². The summed E-state index contributed by atoms with van der Waals surface area (Å²) in [6.07, 6.45) is -2.69. The van der Waals surface area contributed by atoms with Crippen molar-refractivity contribution in [3.05, 3.63) is 33.5 Å². The number of anilines is 1. The summed E-state index contributed by atoms with van der Waals surface area (Å²) in [5.41, 5.74) is 4.40. The quantitative estimate of drug-likeness (QED) is 0.446. The molecule has 1 unspecified atom stereocenters. The Morgan fingerprint density at radius 3 is 2.84 bits per heavy atom. The molecule has 4 atom stereocenters. The van der Waals surface area contributed by atoms with Crippen LogP contribution in [0.1, 0.15) is 6.23 Å². The van der Waals surface area contributed by atoms with Crippen LogP contribution in [-0.2, 0) is 16.0 Å². The van der Waals surface area contributed by atoms with Crippen LogP contribution in [0.2, 0.25) is 0 Å². The third-order valence-corrected chi connectivity index (χ3v) is 4.16. The lowest BCUT2D eigenvalue weighted by Crippen LogP contribution is -2.37. The van der Waals surface area contributed by atoms with Gasteiger partial charge in [-0.2, -0.15) is 4.98 Å². The van der Waals surface area contributed by atoms with Crippen LogP contribution in [0.3, 0.4) is 0 Å². The van der Waals surface area contributed by atoms with Crippen LogP contribution in [0.5, 0.6) is 0 Å². The number of nitrogens with two attached hydrogens (primary N) is 1. The molecule has 25 heavy (non-hydrogen) atoms. The predicted octanol–water partition coefficient (Wildman–Crippen LogP) is -2.08. The fourth-order valence-corrected chi connectivity index (χ4v) is 3.06. The molecule has 0 amide bonds. The lowest BCUT2D eigenvalue weighted by Gasteiger charge is -2.19. The summed E-state index contributed by atoms with van der Waals surface area (Å²) in [5, 5.41) is 19.5. The normalized spacial score (nSPS) is 26.4. The summed E-state index contributed by atoms with van der Waals surface area (Å²) in [7, 11) is 1.34. The third-order valence-electron chi connectivity index (χ3n) is 4.16. The SMILES string of the molecule is C=CCn1c(=O)n(C2O[C@H](CO)[C@@H](O)[C@H]2OC)c2nc(N)[nH]c(=O)c21. The summed E-state index contributed by atoms with van der Waals surface area (Å²) in [5.74, 6) is -0.173. The molecule has 11 nitrogen and oxygen atoms in total. The Labute approximate surface area is 140 Å². The van der Waals surface area contributed by atoms with Gasteiger partial charge in [-0.3, -0.25) is 14.3 Å². The second-order valence-corrected chi connectivity index (χ2v) is 5.61. The van der Waals surface area contributed by atoms with Gasteiger partial charge in [-0.15, -0.1) is 6.58 Å². The average Bonchev–Trinajstić information content (AvgIpc) is 3.02. The Hall–Kier alpha value is -2.47. The monoisotopic (exact) mass is 353 g/mol. The first kappa shape index (κ1) is 17.4. The van der Waals surface area contributed by atoms with Gasteiger partial charge in [0.1, 0.15) is 18.3 Å². The van der Waals surface area contributed by atoms with E-state index in [2.05, 4.69) is 16.5 Å². The molecule has 11 heteroatoms. The molecule has 0 aromatic carbocycles. The van der Waals surface area contributed by atoms with Crippen molar-refractivity contribution in [2.75, 3.05) is 19.5 Å². The highest BCUT2D eigenvalue weighted by Gasteiger charge is 2.46. The Kier molecular flexibility index (Phi) is 4.47. The second-order valence-electron chi connectivity index (χ2n) is 5.61. The van der Waals surface area contributed by atoms with Gasteiger partial charge in [0.15, 0.2) is 17.4 Å². The molecule has 1 saturated heterocycles. The Morgan fingerprint density at radius 1 is 1.52 bits per heavy atom. The standard InChI is InChI=1S/C14H19N5O6/c1-3-4-18-7-10(16-13(15)17-11(7)22)19(14(18)23)12-9(24-2)8(21)6(5-20)25-12/h3,6,8-9,12,20-21H,1,4-5H2,2H3,(H3,15,16,17,22)/t6-,8-,9-,12?/m1/s1. The number of aromatic nitrogens is 4. The van der Waals surface area contributed by atoms with Crippen molar-refractivity contribution < 1.29 is 19.7 Å². The number of rotatable bonds is 5. The lowest BCUT2D eigenvalue weighted by molar-refractivity contribution is -0.0601. The average molecular weight is 353 g/mol. The highest BCUT2D eigenvalue weighted by Crippen LogP contribution is 2.32. The van der Waals surface area contributed by atoms with E-state index in [1.807, 2.05) is 0 Å². The molecule has 1 aliphatic rings. The number of hydrogen-bond acceptors (Lipinski definition) is 8. The minimum absolute atomic E-state index is 0.000471. The van der Waals surface area contributed by atoms with E-state index >= 15 is 0 Å². The summed E-state index contributed by atoms with van der Waals surface area (Å²) in [4.78, 5) is 31.5. The molecule has 2 aromatic rings. The zero-order valence-electron chi connectivity index (χ0n) is 13.5. The van der Waals surface area contributed by atoms with Crippen LogP contribution in [-0.4, -0.2) is 61.3 Å². The van der Waals surface area contributed by atoms with E-state index in [1.165, 1.54) is 17.8 Å². The first-order valence-corrected chi connectivity index (χ1v) is 7.53. The second kappa shape index (κ2) is 6.44. The largest absolute Gasteiger partial charge is 0.394 e. The number of nitrogens with zero attached hydrogens (tertiary/aromatic N) is 3. The maximum Gasteiger partial charge on any atom is 0.333 e. The van der Waals surface area contributed by atoms with E-state index in [0.29, 0.717) is 0 Å². The van der Waals surface area contributed by atoms with Crippen LogP contribution in [0.4, 0.5) is 5.95 Å². The predicted molar refractivity (Wildman–Crippen MR) is 87.0 cm³/mol. The molecule has 5 N–H and O–H groups in total. The summed E-state index contributed by atoms with van der Waals surface area (Å²) < 4.78 is 13.1. The molecule has 136 valence electrons. The van der Waals surface area contributed by atoms with Crippen LogP contribution in [0, 0.1) is 0 Å². The maximum atomic E-state index is 12.9. The molecule has 0 bridgehead atoms. The highest BCUT2D eigenvalue weighted by atomic mass is 16.6. The van der Waals surface area contributed by atoms with E-state index < -0.39 is 42.4 Å². The minimum Gasteiger partial charge on any atom is -0.394 e. The van der Waals surface area contributed by atoms with E-state index in [1.54, 1.807) is 0 Å². The zero-order chi connectivity index (χ0) is 18.3. The van der Waals surface area contributed by atoms with E-state index in [9.17, 15) is 19.8 Å². The van der Waals surface area contributed by atoms with Crippen LogP contribution >= 0.6 is 0 Å². The number of allylic oxidation sites excluding steroid dienone is 1. The van der Waals surface area contributed by atoms with Crippen molar-refractivity contribution in [3.8, 4) is 0 Å². The maximum absolute atomic E-state index is 12.9. The summed E-state index contributed by atoms with van der Waals surface area (Å²) >= 11 is 0. The van der Waals surface area contributed by atoms with Gasteiger partial charge in [-0.1, -0.05) is 6.08 Å². The first-order chi connectivity index (χ1) is 11.9. The molecule has 0 spiro atoms. The topological polar surface area (TPSA) is 158 Å². The number of aromatic amines is 1. The van der Waals surface area contributed by atoms with Crippen LogP contribution in [0.25, 0.3) is 11.2 Å². The summed E-state index contributed by atoms with van der Waals surface area (Å²) in [6.45, 7) is 3.17. The van der Waals surface area contributed by atoms with Gasteiger partial charge < -0.3 is 25.4 Å². The van der Waals surface area contributed by atoms with Crippen molar-refractivity contribution >= 4 is 17.1 Å². The Balaban J connectivity index is 2.29. The molecular formula is C14H19N5O6. The Morgan fingerprint density at radius 2 is 2.24 bits per heavy atom. The number of aliphatic hydroxyl groups excluding tert-OH is 2. The number of methoxy groups -OCH3 is 1. The van der Waals surface area contributed by atoms with Gasteiger partial charge in [0.05, 0.1) is 6.61 Å². The van der Waals surface area contributed by atoms with Crippen molar-refractivity contribution in [3.63, 3.8) is 0 Å². The van der Waals surface area contributed by atoms with E-state index in [-0.39, 0.29) is 23.7 Å². The molecule has 2 aromatic heterocycles. The lowest BCUT2D eigenvalue weighted by atomic mass is 10.1. The van der Waals surface area contributed by atoms with Gasteiger partial charge in [0, 0.05) is 13.7 Å². The number of ether oxygens (including phenoxy) is 2. The highest BCUT2D eigenvalue weighted by molar-refractivity contribution is 5.71. The molecule has 0 aliphatic carbocycles. The van der Waals surface area contributed by atoms with Gasteiger partial charge in [-0.05, 0) is 0 Å². The minimum atomic E-state index is -1.16. The van der Waals surface area contributed by atoms with Crippen molar-refractivity contribution in [2.24, 2.45) is 0 Å². The number of fused-ring (bicyclic) bond motifs is 1. The van der Waals surface area contributed by atoms with E-state index in [4.69, 9.17) is 15.2 Å². The Bertz CT molecular complexity index is 915. The number of nitrogens with one attached hydrogen (secondary N) is 1. The number of hydrogen-bond donors (Lipinski definition) is 4. The van der Waals surface area contributed by atoms with Gasteiger partial charge >= 0.3 is 5.69 Å².